The van der Waals surface area contributed by atoms with Crippen LogP contribution in [0.1, 0.15) is 5.56 Å². The van der Waals surface area contributed by atoms with Crippen molar-refractivity contribution in [1.82, 2.24) is 0 Å². The number of non-ortho nitro benzene ring substituents is 1. The lowest BCUT2D eigenvalue weighted by molar-refractivity contribution is -0.384. The molecule has 2 aromatic carbocycles. The third-order valence-electron chi connectivity index (χ3n) is 2.72. The highest BCUT2D eigenvalue weighted by Crippen LogP contribution is 2.24. The van der Waals surface area contributed by atoms with Crippen LogP contribution >= 0.6 is 0 Å². The van der Waals surface area contributed by atoms with Crippen LogP contribution in [-0.4, -0.2) is 16.1 Å². The zero-order chi connectivity index (χ0) is 15.4. The number of benzene rings is 2. The Morgan fingerprint density at radius 1 is 1.19 bits per heavy atom. The molecule has 0 aliphatic heterocycles. The Kier molecular flexibility index (Phi) is 4.03. The van der Waals surface area contributed by atoms with Gasteiger partial charge in [-0.1, -0.05) is 12.1 Å². The molecule has 0 aliphatic carbocycles. The van der Waals surface area contributed by atoms with Crippen molar-refractivity contribution in [3.8, 4) is 5.75 Å². The van der Waals surface area contributed by atoms with Crippen molar-refractivity contribution in [2.75, 3.05) is 10.6 Å². The fraction of sp³-hybridized carbons (Fsp3) is 0.0714. The van der Waals surface area contributed by atoms with Crippen LogP contribution in [0.2, 0.25) is 0 Å². The minimum atomic E-state index is -0.602. The predicted octanol–water partition coefficient (Wildman–Crippen LogP) is 3.25. The molecule has 0 radical (unpaired) electrons. The lowest BCUT2D eigenvalue weighted by Gasteiger charge is -2.09. The first kappa shape index (κ1) is 14.3. The molecule has 0 heterocycles. The number of nitrogens with one attached hydrogen (secondary N) is 2. The molecule has 0 saturated carbocycles. The molecular weight excluding hydrogens is 274 g/mol. The first-order valence-corrected chi connectivity index (χ1v) is 6.08. The van der Waals surface area contributed by atoms with Gasteiger partial charge in [0.2, 0.25) is 0 Å². The summed E-state index contributed by atoms with van der Waals surface area (Å²) < 4.78 is 0. The van der Waals surface area contributed by atoms with Crippen molar-refractivity contribution in [1.29, 1.82) is 0 Å². The SMILES string of the molecule is Cc1ccc(NC(=O)Nc2cccc([N+](=O)[O-])c2)c(O)c1. The number of nitrogens with zero attached hydrogens (tertiary/aromatic N) is 1. The van der Waals surface area contributed by atoms with Crippen LogP contribution in [0.3, 0.4) is 0 Å². The van der Waals surface area contributed by atoms with Crippen molar-refractivity contribution in [3.63, 3.8) is 0 Å². The van der Waals surface area contributed by atoms with Crippen molar-refractivity contribution in [2.45, 2.75) is 6.92 Å². The molecule has 2 rings (SSSR count). The Bertz CT molecular complexity index is 700. The van der Waals surface area contributed by atoms with Crippen molar-refractivity contribution in [3.05, 3.63) is 58.1 Å². The fourth-order valence-corrected chi connectivity index (χ4v) is 1.73. The highest BCUT2D eigenvalue weighted by molar-refractivity contribution is 6.00. The molecule has 0 atom stereocenters. The van der Waals surface area contributed by atoms with E-state index in [1.165, 1.54) is 30.3 Å². The topological polar surface area (TPSA) is 104 Å². The Labute approximate surface area is 120 Å². The van der Waals surface area contributed by atoms with Crippen molar-refractivity contribution >= 4 is 23.1 Å². The van der Waals surface area contributed by atoms with Crippen LogP contribution in [-0.2, 0) is 0 Å². The Morgan fingerprint density at radius 2 is 1.95 bits per heavy atom. The quantitative estimate of drug-likeness (QED) is 0.457. The van der Waals surface area contributed by atoms with Crippen LogP contribution < -0.4 is 10.6 Å². The highest BCUT2D eigenvalue weighted by Gasteiger charge is 2.09. The Balaban J connectivity index is 2.08. The summed E-state index contributed by atoms with van der Waals surface area (Å²) in [6.07, 6.45) is 0. The van der Waals surface area contributed by atoms with Crippen LogP contribution in [0, 0.1) is 17.0 Å². The van der Waals surface area contributed by atoms with E-state index in [9.17, 15) is 20.0 Å². The molecule has 7 nitrogen and oxygen atoms in total. The number of amides is 2. The van der Waals surface area contributed by atoms with Gasteiger partial charge in [0.25, 0.3) is 5.69 Å². The van der Waals surface area contributed by atoms with E-state index in [-0.39, 0.29) is 22.8 Å². The third kappa shape index (κ3) is 3.69. The van der Waals surface area contributed by atoms with Gasteiger partial charge in [-0.3, -0.25) is 10.1 Å². The average molecular weight is 287 g/mol. The van der Waals surface area contributed by atoms with E-state index in [4.69, 9.17) is 0 Å². The molecule has 0 spiro atoms. The summed E-state index contributed by atoms with van der Waals surface area (Å²) in [5.41, 5.74) is 1.28. The molecule has 0 saturated heterocycles. The number of aryl methyl sites for hydroxylation is 1. The Morgan fingerprint density at radius 3 is 2.62 bits per heavy atom. The van der Waals surface area contributed by atoms with Gasteiger partial charge in [-0.2, -0.15) is 0 Å². The van der Waals surface area contributed by atoms with Crippen LogP contribution in [0.25, 0.3) is 0 Å². The highest BCUT2D eigenvalue weighted by atomic mass is 16.6. The van der Waals surface area contributed by atoms with Gasteiger partial charge in [-0.15, -0.1) is 0 Å². The number of nitro groups is 1. The second-order valence-electron chi connectivity index (χ2n) is 4.41. The van der Waals surface area contributed by atoms with E-state index in [1.807, 2.05) is 6.92 Å². The second-order valence-corrected chi connectivity index (χ2v) is 4.41. The normalized spacial score (nSPS) is 9.95. The molecule has 0 aliphatic rings. The van der Waals surface area contributed by atoms with Gasteiger partial charge in [-0.05, 0) is 30.7 Å². The molecular formula is C14H13N3O4. The number of carbonyl (C=O) groups is 1. The number of rotatable bonds is 3. The smallest absolute Gasteiger partial charge is 0.323 e. The first-order chi connectivity index (χ1) is 9.95. The van der Waals surface area contributed by atoms with Gasteiger partial charge in [0.1, 0.15) is 5.75 Å². The first-order valence-electron chi connectivity index (χ1n) is 6.08. The van der Waals surface area contributed by atoms with Crippen LogP contribution in [0.5, 0.6) is 5.75 Å². The number of hydrogen-bond donors (Lipinski definition) is 3. The Hall–Kier alpha value is -3.09. The molecule has 7 heteroatoms. The van der Waals surface area contributed by atoms with E-state index < -0.39 is 11.0 Å². The third-order valence-corrected chi connectivity index (χ3v) is 2.72. The van der Waals surface area contributed by atoms with Gasteiger partial charge >= 0.3 is 6.03 Å². The zero-order valence-electron chi connectivity index (χ0n) is 11.2. The summed E-state index contributed by atoms with van der Waals surface area (Å²) >= 11 is 0. The molecule has 3 N–H and O–H groups in total. The van der Waals surface area contributed by atoms with E-state index in [0.717, 1.165) is 5.56 Å². The lowest BCUT2D eigenvalue weighted by atomic mass is 10.2. The minimum absolute atomic E-state index is 0.0517. The average Bonchev–Trinajstić information content (AvgIpc) is 2.42. The van der Waals surface area contributed by atoms with E-state index in [0.29, 0.717) is 0 Å². The lowest BCUT2D eigenvalue weighted by Crippen LogP contribution is -2.19. The molecule has 0 unspecified atom stereocenters. The number of carbonyl (C=O) groups excluding carboxylic acids is 1. The number of phenolic OH excluding ortho intramolecular Hbond substituents is 1. The van der Waals surface area contributed by atoms with E-state index in [1.54, 1.807) is 12.1 Å². The molecule has 108 valence electrons. The van der Waals surface area contributed by atoms with Crippen LogP contribution in [0.4, 0.5) is 21.9 Å². The van der Waals surface area contributed by atoms with Gasteiger partial charge in [0.15, 0.2) is 0 Å². The molecule has 21 heavy (non-hydrogen) atoms. The fourth-order valence-electron chi connectivity index (χ4n) is 1.73. The number of nitro benzene ring substituents is 1. The molecule has 0 aromatic heterocycles. The minimum Gasteiger partial charge on any atom is -0.506 e. The summed E-state index contributed by atoms with van der Waals surface area (Å²) in [6.45, 7) is 1.81. The standard InChI is InChI=1S/C14H13N3O4/c1-9-5-6-12(13(18)7-9)16-14(19)15-10-3-2-4-11(8-10)17(20)21/h2-8,18H,1H3,(H2,15,16,19). The summed E-state index contributed by atoms with van der Waals surface area (Å²) in [5.74, 6) is -0.0517. The second kappa shape index (κ2) is 5.91. The maximum absolute atomic E-state index is 11.8. The van der Waals surface area contributed by atoms with E-state index in [2.05, 4.69) is 10.6 Å². The largest absolute Gasteiger partial charge is 0.506 e. The maximum Gasteiger partial charge on any atom is 0.323 e. The van der Waals surface area contributed by atoms with Crippen molar-refractivity contribution < 1.29 is 14.8 Å². The number of urea groups is 1. The predicted molar refractivity (Wildman–Crippen MR) is 78.6 cm³/mol. The monoisotopic (exact) mass is 287 g/mol. The van der Waals surface area contributed by atoms with Crippen molar-refractivity contribution in [2.24, 2.45) is 0 Å². The summed E-state index contributed by atoms with van der Waals surface area (Å²) in [7, 11) is 0. The number of phenols is 1. The molecule has 0 bridgehead atoms. The maximum atomic E-state index is 11.8. The summed E-state index contributed by atoms with van der Waals surface area (Å²) in [6, 6.07) is 9.79. The van der Waals surface area contributed by atoms with Gasteiger partial charge in [0.05, 0.1) is 10.6 Å². The van der Waals surface area contributed by atoms with Gasteiger partial charge in [0, 0.05) is 17.8 Å². The number of hydrogen-bond acceptors (Lipinski definition) is 4. The number of aromatic hydroxyl groups is 1. The zero-order valence-corrected chi connectivity index (χ0v) is 11.2. The molecule has 2 amide bonds. The number of anilines is 2. The summed E-state index contributed by atoms with van der Waals surface area (Å²) in [5, 5.41) is 25.3. The molecule has 0 fully saturated rings. The molecule has 2 aromatic rings. The van der Waals surface area contributed by atoms with Gasteiger partial charge in [-0.25, -0.2) is 4.79 Å². The van der Waals surface area contributed by atoms with Crippen LogP contribution in [0.15, 0.2) is 42.5 Å². The van der Waals surface area contributed by atoms with Gasteiger partial charge < -0.3 is 15.7 Å². The van der Waals surface area contributed by atoms with E-state index >= 15 is 0 Å². The summed E-state index contributed by atoms with van der Waals surface area (Å²) in [4.78, 5) is 21.9.